The van der Waals surface area contributed by atoms with Gasteiger partial charge in [0, 0.05) is 42.8 Å². The molecule has 0 aromatic carbocycles. The molecule has 12 unspecified atom stereocenters. The molecule has 1 aromatic heterocycles. The number of allylic oxidation sites excluding steroid dienone is 3. The molecule has 1 heterocycles. The molecule has 0 spiro atoms. The van der Waals surface area contributed by atoms with Crippen molar-refractivity contribution in [1.82, 2.24) is 10.3 Å². The zero-order valence-electron chi connectivity index (χ0n) is 31.4. The van der Waals surface area contributed by atoms with Crippen molar-refractivity contribution in [3.63, 3.8) is 0 Å². The standard InChI is InChI=1S/C44H64N2O3/c1-26(2)40-38(49)24-44(19-21-45-25-31-10-8-9-20-46-31)18-15-36-32(41(40)44)11-12-39-42(6)16-13-30(27(3)35(42)14-17-43(36,39)7)22-37(48)34-23-33(28(34)4)29(5)47/h8-10,20,26-28,30,32-36,39,45,47H,5,11-19,21-25H2,1-4,6-7H3. The Morgan fingerprint density at radius 1 is 1.00 bits per heavy atom. The highest BCUT2D eigenvalue weighted by Gasteiger charge is 2.64. The number of aromatic nitrogens is 1. The molecule has 5 fully saturated rings. The van der Waals surface area contributed by atoms with Gasteiger partial charge in [-0.2, -0.15) is 0 Å². The number of hydrogen-bond acceptors (Lipinski definition) is 5. The first-order valence-electron chi connectivity index (χ1n) is 20.1. The van der Waals surface area contributed by atoms with Gasteiger partial charge in [0.05, 0.1) is 11.5 Å². The van der Waals surface area contributed by atoms with Crippen molar-refractivity contribution in [2.45, 2.75) is 125 Å². The van der Waals surface area contributed by atoms with Crippen LogP contribution >= 0.6 is 0 Å². The lowest BCUT2D eigenvalue weighted by atomic mass is 9.37. The first-order chi connectivity index (χ1) is 23.3. The van der Waals surface area contributed by atoms with Crippen molar-refractivity contribution >= 4 is 11.6 Å². The van der Waals surface area contributed by atoms with Gasteiger partial charge in [0.15, 0.2) is 5.78 Å². The van der Waals surface area contributed by atoms with Crippen molar-refractivity contribution in [1.29, 1.82) is 0 Å². The molecule has 7 rings (SSSR count). The summed E-state index contributed by atoms with van der Waals surface area (Å²) in [5, 5.41) is 13.6. The lowest BCUT2D eigenvalue weighted by Gasteiger charge is -2.67. The van der Waals surface area contributed by atoms with Crippen LogP contribution < -0.4 is 5.32 Å². The van der Waals surface area contributed by atoms with Gasteiger partial charge in [-0.3, -0.25) is 14.6 Å². The van der Waals surface area contributed by atoms with Crippen molar-refractivity contribution < 1.29 is 14.7 Å². The second-order valence-corrected chi connectivity index (χ2v) is 18.8. The SMILES string of the molecule is C=C(O)C1CC(C(=O)CC2CCC3(C)C(CCC4(C)C5CCC6(CCNCc7ccccn7)CC(=O)C(C(C)C)=C6C5CCC43)C2C)C1C. The Bertz CT molecular complexity index is 1480. The van der Waals surface area contributed by atoms with Crippen LogP contribution in [0, 0.1) is 75.4 Å². The van der Waals surface area contributed by atoms with Crippen LogP contribution in [0.5, 0.6) is 0 Å². The van der Waals surface area contributed by atoms with E-state index in [0.29, 0.717) is 57.9 Å². The predicted molar refractivity (Wildman–Crippen MR) is 196 cm³/mol. The lowest BCUT2D eigenvalue weighted by Crippen LogP contribution is -2.60. The Hall–Kier alpha value is -2.27. The summed E-state index contributed by atoms with van der Waals surface area (Å²) < 4.78 is 0. The van der Waals surface area contributed by atoms with Gasteiger partial charge in [0.25, 0.3) is 0 Å². The summed E-state index contributed by atoms with van der Waals surface area (Å²) in [4.78, 5) is 31.9. The number of carbonyl (C=O) groups excluding carboxylic acids is 2. The van der Waals surface area contributed by atoms with Gasteiger partial charge >= 0.3 is 0 Å². The van der Waals surface area contributed by atoms with Gasteiger partial charge in [0.1, 0.15) is 5.78 Å². The van der Waals surface area contributed by atoms with Crippen LogP contribution in [0.4, 0.5) is 0 Å². The Kier molecular flexibility index (Phi) is 9.36. The van der Waals surface area contributed by atoms with Crippen molar-refractivity contribution in [3.05, 3.63) is 53.6 Å². The summed E-state index contributed by atoms with van der Waals surface area (Å²) in [5.74, 6) is 5.51. The molecule has 49 heavy (non-hydrogen) atoms. The van der Waals surface area contributed by atoms with Crippen LogP contribution in [0.25, 0.3) is 0 Å². The highest BCUT2D eigenvalue weighted by atomic mass is 16.3. The summed E-state index contributed by atoms with van der Waals surface area (Å²) >= 11 is 0. The number of aliphatic hydroxyl groups excluding tert-OH is 1. The molecular formula is C44H64N2O3. The third kappa shape index (κ3) is 5.71. The van der Waals surface area contributed by atoms with E-state index in [1.165, 1.54) is 50.5 Å². The molecule has 2 N–H and O–H groups in total. The zero-order chi connectivity index (χ0) is 34.9. The minimum absolute atomic E-state index is 0.0285. The average molecular weight is 669 g/mol. The molecule has 5 heteroatoms. The molecular weight excluding hydrogens is 604 g/mol. The van der Waals surface area contributed by atoms with E-state index in [-0.39, 0.29) is 28.9 Å². The van der Waals surface area contributed by atoms with Crippen molar-refractivity contribution in [3.8, 4) is 0 Å². The van der Waals surface area contributed by atoms with Gasteiger partial charge in [-0.15, -0.1) is 0 Å². The lowest BCUT2D eigenvalue weighted by molar-refractivity contribution is -0.172. The second kappa shape index (κ2) is 13.1. The normalized spacial score (nSPS) is 42.9. The van der Waals surface area contributed by atoms with Gasteiger partial charge in [-0.05, 0) is 147 Å². The van der Waals surface area contributed by atoms with E-state index < -0.39 is 0 Å². The monoisotopic (exact) mass is 668 g/mol. The smallest absolute Gasteiger partial charge is 0.159 e. The molecule has 0 radical (unpaired) electrons. The Labute approximate surface area is 296 Å². The van der Waals surface area contributed by atoms with E-state index >= 15 is 0 Å². The van der Waals surface area contributed by atoms with Gasteiger partial charge in [-0.1, -0.05) is 59.8 Å². The molecule has 6 aliphatic carbocycles. The maximum atomic E-state index is 13.9. The van der Waals surface area contributed by atoms with E-state index in [1.807, 2.05) is 12.3 Å². The summed E-state index contributed by atoms with van der Waals surface area (Å²) in [6.45, 7) is 19.9. The van der Waals surface area contributed by atoms with Crippen LogP contribution in [-0.2, 0) is 16.1 Å². The molecule has 0 saturated heterocycles. The number of aliphatic hydroxyl groups is 1. The molecule has 268 valence electrons. The summed E-state index contributed by atoms with van der Waals surface area (Å²) in [6.07, 6.45) is 15.1. The number of Topliss-reactive ketones (excluding diaryl/α,β-unsaturated/α-hetero) is 2. The highest BCUT2D eigenvalue weighted by molar-refractivity contribution is 6.00. The molecule has 0 aliphatic heterocycles. The van der Waals surface area contributed by atoms with Gasteiger partial charge in [0.2, 0.25) is 0 Å². The van der Waals surface area contributed by atoms with E-state index in [9.17, 15) is 14.7 Å². The number of hydrogen-bond donors (Lipinski definition) is 2. The highest BCUT2D eigenvalue weighted by Crippen LogP contribution is 2.72. The molecule has 1 aromatic rings. The van der Waals surface area contributed by atoms with E-state index in [0.717, 1.165) is 56.8 Å². The van der Waals surface area contributed by atoms with Crippen molar-refractivity contribution in [2.75, 3.05) is 6.54 Å². The number of pyridine rings is 1. The number of nitrogens with zero attached hydrogens (tertiary/aromatic N) is 1. The number of ketones is 2. The van der Waals surface area contributed by atoms with Crippen molar-refractivity contribution in [2.24, 2.45) is 75.4 Å². The predicted octanol–water partition coefficient (Wildman–Crippen LogP) is 9.68. The molecule has 0 bridgehead atoms. The summed E-state index contributed by atoms with van der Waals surface area (Å²) in [7, 11) is 0. The van der Waals surface area contributed by atoms with Crippen LogP contribution in [-0.4, -0.2) is 28.2 Å². The van der Waals surface area contributed by atoms with E-state index in [2.05, 4.69) is 70.6 Å². The van der Waals surface area contributed by atoms with E-state index in [1.54, 1.807) is 5.57 Å². The van der Waals surface area contributed by atoms with Gasteiger partial charge < -0.3 is 10.4 Å². The fourth-order valence-electron chi connectivity index (χ4n) is 13.8. The maximum Gasteiger partial charge on any atom is 0.159 e. The third-order valence-corrected chi connectivity index (χ3v) is 16.4. The minimum atomic E-state index is 0.0285. The second-order valence-electron chi connectivity index (χ2n) is 18.8. The fourth-order valence-corrected chi connectivity index (χ4v) is 13.8. The Balaban J connectivity index is 1.07. The Morgan fingerprint density at radius 2 is 1.73 bits per heavy atom. The molecule has 12 atom stereocenters. The quantitative estimate of drug-likeness (QED) is 0.192. The van der Waals surface area contributed by atoms with Crippen LogP contribution in [0.15, 0.2) is 47.9 Å². The Morgan fingerprint density at radius 3 is 2.43 bits per heavy atom. The number of fused-ring (bicyclic) bond motifs is 7. The topological polar surface area (TPSA) is 79.3 Å². The number of nitrogens with one attached hydrogen (secondary N) is 1. The van der Waals surface area contributed by atoms with Crippen LogP contribution in [0.2, 0.25) is 0 Å². The fraction of sp³-hybridized carbons (Fsp3) is 0.750. The summed E-state index contributed by atoms with van der Waals surface area (Å²) in [5.41, 5.74) is 4.54. The molecule has 0 amide bonds. The van der Waals surface area contributed by atoms with Gasteiger partial charge in [-0.25, -0.2) is 0 Å². The molecule has 5 nitrogen and oxygen atoms in total. The maximum absolute atomic E-state index is 13.9. The largest absolute Gasteiger partial charge is 0.513 e. The molecule has 6 aliphatic rings. The zero-order valence-corrected chi connectivity index (χ0v) is 31.4. The van der Waals surface area contributed by atoms with Crippen LogP contribution in [0.1, 0.15) is 124 Å². The first kappa shape index (κ1) is 35.1. The summed E-state index contributed by atoms with van der Waals surface area (Å²) in [6, 6.07) is 6.10. The number of rotatable bonds is 10. The van der Waals surface area contributed by atoms with E-state index in [4.69, 9.17) is 0 Å². The molecule has 5 saturated carbocycles. The first-order valence-corrected chi connectivity index (χ1v) is 20.1. The average Bonchev–Trinajstić information content (AvgIpc) is 3.36. The van der Waals surface area contributed by atoms with Crippen LogP contribution in [0.3, 0.4) is 0 Å². The third-order valence-electron chi connectivity index (χ3n) is 16.4. The minimum Gasteiger partial charge on any atom is -0.513 e. The number of carbonyl (C=O) groups is 2.